The Labute approximate surface area is 331 Å². The van der Waals surface area contributed by atoms with Crippen LogP contribution in [-0.4, -0.2) is 14.5 Å². The smallest absolute Gasteiger partial charge is 0.161 e. The number of aromatic nitrogens is 3. The molecule has 0 fully saturated rings. The van der Waals surface area contributed by atoms with Crippen molar-refractivity contribution < 1.29 is 0 Å². The number of nitriles is 1. The summed E-state index contributed by atoms with van der Waals surface area (Å²) in [6.45, 7) is 0. The predicted octanol–water partition coefficient (Wildman–Crippen LogP) is 13.4. The van der Waals surface area contributed by atoms with Crippen LogP contribution in [0.25, 0.3) is 94.8 Å². The molecule has 0 aliphatic rings. The van der Waals surface area contributed by atoms with E-state index in [1.165, 1.54) is 33.0 Å². The van der Waals surface area contributed by atoms with Gasteiger partial charge < -0.3 is 4.57 Å². The molecule has 8 aromatic carbocycles. The molecule has 0 aliphatic heterocycles. The van der Waals surface area contributed by atoms with E-state index in [1.54, 1.807) is 0 Å². The molecule has 0 saturated carbocycles. The quantitative estimate of drug-likeness (QED) is 0.164. The molecule has 10 rings (SSSR count). The van der Waals surface area contributed by atoms with Crippen molar-refractivity contribution in [1.82, 2.24) is 14.5 Å². The molecule has 0 spiro atoms. The van der Waals surface area contributed by atoms with Gasteiger partial charge in [0.15, 0.2) is 5.82 Å². The summed E-state index contributed by atoms with van der Waals surface area (Å²) in [6.07, 6.45) is 0. The SMILES string of the molecule is N#Cc1c(-c2ccccc2)nc(-c2ccc(-n3c4ccc(-c5ccccc5)cc4c4cc(-c5ccccc5)ccc43)cc2-c2ccccc2)nc1-c1ccccc1. The monoisotopic (exact) mass is 726 g/mol. The number of hydrogen-bond acceptors (Lipinski definition) is 3. The van der Waals surface area contributed by atoms with Gasteiger partial charge in [-0.05, 0) is 75.8 Å². The summed E-state index contributed by atoms with van der Waals surface area (Å²) in [5.74, 6) is 0.555. The fraction of sp³-hybridized carbons (Fsp3) is 0. The Kier molecular flexibility index (Phi) is 8.52. The number of fused-ring (bicyclic) bond motifs is 3. The third kappa shape index (κ3) is 6.14. The molecule has 0 saturated heterocycles. The highest BCUT2D eigenvalue weighted by atomic mass is 15.0. The van der Waals surface area contributed by atoms with Crippen LogP contribution in [0.3, 0.4) is 0 Å². The summed E-state index contributed by atoms with van der Waals surface area (Å²) in [5.41, 5.74) is 14.3. The van der Waals surface area contributed by atoms with E-state index in [2.05, 4.69) is 150 Å². The second kappa shape index (κ2) is 14.4. The summed E-state index contributed by atoms with van der Waals surface area (Å²) in [7, 11) is 0. The van der Waals surface area contributed by atoms with Gasteiger partial charge in [-0.25, -0.2) is 9.97 Å². The maximum atomic E-state index is 10.6. The second-order valence-corrected chi connectivity index (χ2v) is 14.1. The van der Waals surface area contributed by atoms with Crippen molar-refractivity contribution in [2.45, 2.75) is 0 Å². The highest BCUT2D eigenvalue weighted by Gasteiger charge is 2.22. The lowest BCUT2D eigenvalue weighted by Gasteiger charge is -2.17. The zero-order valence-corrected chi connectivity index (χ0v) is 30.9. The standard InChI is InChI=1S/C53H34N4/c54-35-48-51(39-22-12-4-13-23-39)55-53(56-52(48)40-24-14-5-15-25-40)44-29-28-43(34-45(44)38-20-10-3-11-21-38)57-49-30-26-41(36-16-6-1-7-17-36)32-46(49)47-33-42(27-31-50(47)57)37-18-8-2-9-19-37/h1-34H. The fourth-order valence-corrected chi connectivity index (χ4v) is 7.94. The maximum Gasteiger partial charge on any atom is 0.161 e. The highest BCUT2D eigenvalue weighted by Crippen LogP contribution is 2.41. The van der Waals surface area contributed by atoms with Gasteiger partial charge in [0.2, 0.25) is 0 Å². The molecule has 4 heteroatoms. The molecule has 0 atom stereocenters. The van der Waals surface area contributed by atoms with E-state index in [-0.39, 0.29) is 0 Å². The zero-order valence-electron chi connectivity index (χ0n) is 30.9. The van der Waals surface area contributed by atoms with Crippen LogP contribution >= 0.6 is 0 Å². The van der Waals surface area contributed by atoms with Crippen LogP contribution < -0.4 is 0 Å². The fourth-order valence-electron chi connectivity index (χ4n) is 7.94. The lowest BCUT2D eigenvalue weighted by molar-refractivity contribution is 1.16. The Morgan fingerprint density at radius 1 is 0.368 bits per heavy atom. The van der Waals surface area contributed by atoms with Gasteiger partial charge in [0, 0.05) is 33.2 Å². The minimum Gasteiger partial charge on any atom is -0.309 e. The van der Waals surface area contributed by atoms with E-state index in [1.807, 2.05) is 66.7 Å². The van der Waals surface area contributed by atoms with Crippen LogP contribution in [0, 0.1) is 11.3 Å². The van der Waals surface area contributed by atoms with Crippen molar-refractivity contribution >= 4 is 21.8 Å². The summed E-state index contributed by atoms with van der Waals surface area (Å²) in [6, 6.07) is 74.0. The molecule has 2 heterocycles. The molecule has 10 aromatic rings. The lowest BCUT2D eigenvalue weighted by atomic mass is 9.96. The molecular formula is C53H34N4. The number of benzene rings is 8. The first-order valence-electron chi connectivity index (χ1n) is 19.1. The first-order chi connectivity index (χ1) is 28.2. The average molecular weight is 727 g/mol. The van der Waals surface area contributed by atoms with Gasteiger partial charge in [0.05, 0.1) is 22.4 Å². The van der Waals surface area contributed by atoms with Gasteiger partial charge in [-0.2, -0.15) is 5.26 Å². The Bertz CT molecular complexity index is 2940. The molecule has 266 valence electrons. The van der Waals surface area contributed by atoms with E-state index in [0.29, 0.717) is 22.8 Å². The van der Waals surface area contributed by atoms with Gasteiger partial charge in [0.1, 0.15) is 11.6 Å². The molecule has 57 heavy (non-hydrogen) atoms. The van der Waals surface area contributed by atoms with E-state index in [9.17, 15) is 5.26 Å². The molecule has 2 aromatic heterocycles. The van der Waals surface area contributed by atoms with Crippen LogP contribution in [0.15, 0.2) is 206 Å². The lowest BCUT2D eigenvalue weighted by Crippen LogP contribution is -2.02. The van der Waals surface area contributed by atoms with Crippen LogP contribution in [0.1, 0.15) is 5.56 Å². The Balaban J connectivity index is 1.22. The van der Waals surface area contributed by atoms with Gasteiger partial charge in [-0.15, -0.1) is 0 Å². The van der Waals surface area contributed by atoms with Gasteiger partial charge >= 0.3 is 0 Å². The Morgan fingerprint density at radius 2 is 0.789 bits per heavy atom. The second-order valence-electron chi connectivity index (χ2n) is 14.1. The summed E-state index contributed by atoms with van der Waals surface area (Å²) >= 11 is 0. The summed E-state index contributed by atoms with van der Waals surface area (Å²) < 4.78 is 2.37. The van der Waals surface area contributed by atoms with Gasteiger partial charge in [-0.1, -0.05) is 164 Å². The maximum absolute atomic E-state index is 10.6. The first-order valence-corrected chi connectivity index (χ1v) is 19.1. The molecule has 0 amide bonds. The van der Waals surface area contributed by atoms with Gasteiger partial charge in [0.25, 0.3) is 0 Å². The van der Waals surface area contributed by atoms with Gasteiger partial charge in [-0.3, -0.25) is 0 Å². The number of nitrogens with zero attached hydrogens (tertiary/aromatic N) is 4. The average Bonchev–Trinajstić information content (AvgIpc) is 3.63. The molecule has 0 N–H and O–H groups in total. The largest absolute Gasteiger partial charge is 0.309 e. The molecule has 0 aliphatic carbocycles. The first kappa shape index (κ1) is 33.7. The van der Waals surface area contributed by atoms with E-state index in [4.69, 9.17) is 9.97 Å². The van der Waals surface area contributed by atoms with Crippen molar-refractivity contribution in [1.29, 1.82) is 5.26 Å². The van der Waals surface area contributed by atoms with Crippen LogP contribution in [-0.2, 0) is 0 Å². The summed E-state index contributed by atoms with van der Waals surface area (Å²) in [4.78, 5) is 10.4. The highest BCUT2D eigenvalue weighted by molar-refractivity contribution is 6.12. The zero-order chi connectivity index (χ0) is 38.1. The number of hydrogen-bond donors (Lipinski definition) is 0. The molecule has 0 radical (unpaired) electrons. The van der Waals surface area contributed by atoms with E-state index >= 15 is 0 Å². The number of rotatable bonds is 7. The normalized spacial score (nSPS) is 11.1. The third-order valence-electron chi connectivity index (χ3n) is 10.7. The minimum atomic E-state index is 0.448. The topological polar surface area (TPSA) is 54.5 Å². The van der Waals surface area contributed by atoms with Crippen molar-refractivity contribution in [3.05, 3.63) is 212 Å². The Hall–Kier alpha value is -7.87. The van der Waals surface area contributed by atoms with Crippen molar-refractivity contribution in [2.24, 2.45) is 0 Å². The molecule has 4 nitrogen and oxygen atoms in total. The molecular weight excluding hydrogens is 693 g/mol. The van der Waals surface area contributed by atoms with Crippen molar-refractivity contribution in [2.75, 3.05) is 0 Å². The third-order valence-corrected chi connectivity index (χ3v) is 10.7. The van der Waals surface area contributed by atoms with Crippen molar-refractivity contribution in [3.63, 3.8) is 0 Å². The molecule has 0 unspecified atom stereocenters. The van der Waals surface area contributed by atoms with Crippen LogP contribution in [0.5, 0.6) is 0 Å². The van der Waals surface area contributed by atoms with E-state index in [0.717, 1.165) is 44.5 Å². The molecule has 0 bridgehead atoms. The summed E-state index contributed by atoms with van der Waals surface area (Å²) in [5, 5.41) is 12.9. The predicted molar refractivity (Wildman–Crippen MR) is 234 cm³/mol. The van der Waals surface area contributed by atoms with E-state index < -0.39 is 0 Å². The van der Waals surface area contributed by atoms with Crippen LogP contribution in [0.4, 0.5) is 0 Å². The van der Waals surface area contributed by atoms with Crippen molar-refractivity contribution in [3.8, 4) is 79.0 Å². The van der Waals surface area contributed by atoms with Crippen LogP contribution in [0.2, 0.25) is 0 Å². The Morgan fingerprint density at radius 3 is 1.23 bits per heavy atom. The minimum absolute atomic E-state index is 0.448.